The molecule has 1 aromatic heterocycles. The number of carbonyl (C=O) groups excluding carboxylic acids is 1. The smallest absolute Gasteiger partial charge is 0.228 e. The molecule has 2 aliphatic heterocycles. The molecule has 27 heavy (non-hydrogen) atoms. The number of fused-ring (bicyclic) bond motifs is 2. The van der Waals surface area contributed by atoms with Gasteiger partial charge in [0.15, 0.2) is 5.58 Å². The van der Waals surface area contributed by atoms with E-state index in [0.29, 0.717) is 0 Å². The highest BCUT2D eigenvalue weighted by Gasteiger charge is 2.40. The zero-order chi connectivity index (χ0) is 18.3. The topological polar surface area (TPSA) is 55.6 Å². The zero-order valence-electron chi connectivity index (χ0n) is 15.2. The summed E-state index contributed by atoms with van der Waals surface area (Å²) in [7, 11) is 0. The van der Waals surface area contributed by atoms with E-state index in [2.05, 4.69) is 23.4 Å². The van der Waals surface area contributed by atoms with Crippen LogP contribution in [0.1, 0.15) is 30.5 Å². The van der Waals surface area contributed by atoms with Crippen LogP contribution in [0.15, 0.2) is 53.1 Å². The molecule has 3 aromatic rings. The van der Waals surface area contributed by atoms with Crippen LogP contribution >= 0.6 is 0 Å². The minimum absolute atomic E-state index is 0.111. The van der Waals surface area contributed by atoms with Crippen LogP contribution in [0.25, 0.3) is 11.0 Å². The molecule has 0 saturated carbocycles. The molecule has 1 spiro atoms. The molecule has 2 aromatic carbocycles. The molecule has 0 N–H and O–H groups in total. The molecular formula is C22H22N2O3. The van der Waals surface area contributed by atoms with Crippen molar-refractivity contribution < 1.29 is 14.1 Å². The van der Waals surface area contributed by atoms with Crippen molar-refractivity contribution in [2.45, 2.75) is 37.7 Å². The Kier molecular flexibility index (Phi) is 3.88. The van der Waals surface area contributed by atoms with Gasteiger partial charge >= 0.3 is 0 Å². The maximum Gasteiger partial charge on any atom is 0.228 e. The Morgan fingerprint density at radius 3 is 2.70 bits per heavy atom. The van der Waals surface area contributed by atoms with Crippen LogP contribution in [0.2, 0.25) is 0 Å². The summed E-state index contributed by atoms with van der Waals surface area (Å²) in [4.78, 5) is 14.7. The maximum atomic E-state index is 12.8. The molecule has 138 valence electrons. The van der Waals surface area contributed by atoms with Crippen molar-refractivity contribution in [3.63, 3.8) is 0 Å². The van der Waals surface area contributed by atoms with Crippen molar-refractivity contribution in [3.8, 4) is 5.75 Å². The van der Waals surface area contributed by atoms with Crippen LogP contribution in [-0.2, 0) is 17.6 Å². The fraction of sp³-hybridized carbons (Fsp3) is 0.364. The standard InChI is InChI=1S/C22H22N2O3/c25-21(15-18-17-6-2-4-8-20(17)27-23-18)24-13-11-22(12-14-24)10-9-16-5-1-3-7-19(16)26-22/h1-8H,9-15H2. The van der Waals surface area contributed by atoms with Crippen molar-refractivity contribution in [1.82, 2.24) is 10.1 Å². The summed E-state index contributed by atoms with van der Waals surface area (Å²) in [5.41, 5.74) is 2.62. The molecule has 0 radical (unpaired) electrons. The van der Waals surface area contributed by atoms with E-state index in [1.54, 1.807) is 0 Å². The Morgan fingerprint density at radius 2 is 1.81 bits per heavy atom. The summed E-state index contributed by atoms with van der Waals surface area (Å²) in [5, 5.41) is 5.01. The summed E-state index contributed by atoms with van der Waals surface area (Å²) in [6.45, 7) is 1.47. The first kappa shape index (κ1) is 16.4. The third kappa shape index (κ3) is 2.97. The number of carbonyl (C=O) groups is 1. The van der Waals surface area contributed by atoms with E-state index in [4.69, 9.17) is 9.26 Å². The highest BCUT2D eigenvalue weighted by atomic mass is 16.5. The number of likely N-dealkylation sites (tertiary alicyclic amines) is 1. The molecule has 1 amide bonds. The average Bonchev–Trinajstić information content (AvgIpc) is 3.11. The normalized spacial score (nSPS) is 18.3. The van der Waals surface area contributed by atoms with E-state index >= 15 is 0 Å². The molecule has 5 heteroatoms. The van der Waals surface area contributed by atoms with Gasteiger partial charge in [-0.15, -0.1) is 0 Å². The Hall–Kier alpha value is -2.82. The van der Waals surface area contributed by atoms with Crippen molar-refractivity contribution in [2.75, 3.05) is 13.1 Å². The van der Waals surface area contributed by atoms with Crippen molar-refractivity contribution in [2.24, 2.45) is 0 Å². The second-order valence-electron chi connectivity index (χ2n) is 7.58. The first-order chi connectivity index (χ1) is 13.2. The number of hydrogen-bond donors (Lipinski definition) is 0. The van der Waals surface area contributed by atoms with Crippen LogP contribution in [0, 0.1) is 0 Å². The minimum Gasteiger partial charge on any atom is -0.487 e. The maximum absolute atomic E-state index is 12.8. The summed E-state index contributed by atoms with van der Waals surface area (Å²) >= 11 is 0. The number of hydrogen-bond acceptors (Lipinski definition) is 4. The van der Waals surface area contributed by atoms with Crippen LogP contribution in [0.3, 0.4) is 0 Å². The minimum atomic E-state index is -0.119. The molecule has 0 aliphatic carbocycles. The Labute approximate surface area is 157 Å². The number of benzene rings is 2. The molecule has 0 unspecified atom stereocenters. The predicted molar refractivity (Wildman–Crippen MR) is 102 cm³/mol. The van der Waals surface area contributed by atoms with E-state index < -0.39 is 0 Å². The number of aromatic nitrogens is 1. The highest BCUT2D eigenvalue weighted by molar-refractivity contribution is 5.86. The van der Waals surface area contributed by atoms with Crippen LogP contribution < -0.4 is 4.74 Å². The average molecular weight is 362 g/mol. The van der Waals surface area contributed by atoms with E-state index in [9.17, 15) is 4.79 Å². The number of rotatable bonds is 2. The van der Waals surface area contributed by atoms with Gasteiger partial charge in [0.05, 0.1) is 6.42 Å². The largest absolute Gasteiger partial charge is 0.487 e. The zero-order valence-corrected chi connectivity index (χ0v) is 15.2. The number of amides is 1. The van der Waals surface area contributed by atoms with E-state index in [1.165, 1.54) is 5.56 Å². The molecular weight excluding hydrogens is 340 g/mol. The third-order valence-electron chi connectivity index (χ3n) is 5.95. The van der Waals surface area contributed by atoms with Crippen LogP contribution in [0.5, 0.6) is 5.75 Å². The van der Waals surface area contributed by atoms with Gasteiger partial charge in [-0.1, -0.05) is 35.5 Å². The van der Waals surface area contributed by atoms with Gasteiger partial charge in [-0.05, 0) is 36.6 Å². The van der Waals surface area contributed by atoms with Gasteiger partial charge in [0.1, 0.15) is 17.0 Å². The lowest BCUT2D eigenvalue weighted by molar-refractivity contribution is -0.134. The number of piperidine rings is 1. The van der Waals surface area contributed by atoms with Crippen molar-refractivity contribution in [1.29, 1.82) is 0 Å². The van der Waals surface area contributed by atoms with Gasteiger partial charge in [0.2, 0.25) is 5.91 Å². The van der Waals surface area contributed by atoms with Crippen molar-refractivity contribution >= 4 is 16.9 Å². The Bertz CT molecular complexity index is 986. The van der Waals surface area contributed by atoms with Gasteiger partial charge in [0, 0.05) is 31.3 Å². The van der Waals surface area contributed by atoms with Gasteiger partial charge in [-0.3, -0.25) is 4.79 Å². The van der Waals surface area contributed by atoms with Gasteiger partial charge in [-0.25, -0.2) is 0 Å². The van der Waals surface area contributed by atoms with E-state index in [-0.39, 0.29) is 17.9 Å². The van der Waals surface area contributed by atoms with Crippen LogP contribution in [-0.4, -0.2) is 34.7 Å². The molecule has 5 rings (SSSR count). The summed E-state index contributed by atoms with van der Waals surface area (Å²) in [5.74, 6) is 1.12. The highest BCUT2D eigenvalue weighted by Crippen LogP contribution is 2.39. The molecule has 1 saturated heterocycles. The first-order valence-electron chi connectivity index (χ1n) is 9.60. The van der Waals surface area contributed by atoms with Crippen LogP contribution in [0.4, 0.5) is 0 Å². The second kappa shape index (κ2) is 6.41. The monoisotopic (exact) mass is 362 g/mol. The van der Waals surface area contributed by atoms with Gasteiger partial charge in [-0.2, -0.15) is 0 Å². The third-order valence-corrected chi connectivity index (χ3v) is 5.95. The second-order valence-corrected chi connectivity index (χ2v) is 7.58. The Morgan fingerprint density at radius 1 is 1.04 bits per heavy atom. The summed E-state index contributed by atoms with van der Waals surface area (Å²) in [6.07, 6.45) is 4.13. The number of nitrogens with zero attached hydrogens (tertiary/aromatic N) is 2. The lowest BCUT2D eigenvalue weighted by atomic mass is 9.83. The summed E-state index contributed by atoms with van der Waals surface area (Å²) in [6, 6.07) is 16.0. The number of para-hydroxylation sites is 2. The lowest BCUT2D eigenvalue weighted by Gasteiger charge is -2.44. The molecule has 2 aliphatic rings. The Balaban J connectivity index is 1.25. The fourth-order valence-electron chi connectivity index (χ4n) is 4.29. The molecule has 0 atom stereocenters. The molecule has 3 heterocycles. The van der Waals surface area contributed by atoms with Gasteiger partial charge < -0.3 is 14.2 Å². The van der Waals surface area contributed by atoms with Gasteiger partial charge in [0.25, 0.3) is 0 Å². The molecule has 5 nitrogen and oxygen atoms in total. The number of ether oxygens (including phenoxy) is 1. The quantitative estimate of drug-likeness (QED) is 0.697. The SMILES string of the molecule is O=C(Cc1noc2ccccc12)N1CCC2(CCc3ccccc3O2)CC1. The van der Waals surface area contributed by atoms with E-state index in [0.717, 1.165) is 61.2 Å². The lowest BCUT2D eigenvalue weighted by Crippen LogP contribution is -2.51. The van der Waals surface area contributed by atoms with E-state index in [1.807, 2.05) is 35.2 Å². The molecule has 0 bridgehead atoms. The number of aryl methyl sites for hydroxylation is 1. The first-order valence-corrected chi connectivity index (χ1v) is 9.60. The molecule has 1 fully saturated rings. The van der Waals surface area contributed by atoms with Crippen molar-refractivity contribution in [3.05, 3.63) is 59.8 Å². The predicted octanol–water partition coefficient (Wildman–Crippen LogP) is 3.76. The summed E-state index contributed by atoms with van der Waals surface area (Å²) < 4.78 is 11.7. The fourth-order valence-corrected chi connectivity index (χ4v) is 4.29.